The van der Waals surface area contributed by atoms with Gasteiger partial charge in [0.25, 0.3) is 0 Å². The fourth-order valence-electron chi connectivity index (χ4n) is 1.93. The normalized spacial score (nSPS) is 11.2. The molecule has 2 N–H and O–H groups in total. The molecule has 0 aliphatic carbocycles. The number of benzene rings is 1. The molecule has 0 saturated carbocycles. The number of nitrogens with zero attached hydrogens (tertiary/aromatic N) is 2. The summed E-state index contributed by atoms with van der Waals surface area (Å²) in [7, 11) is 0. The summed E-state index contributed by atoms with van der Waals surface area (Å²) in [5, 5.41) is 19.3. The number of aromatic nitrogens is 1. The molecule has 1 aromatic heterocycles. The Kier molecular flexibility index (Phi) is 5.98. The number of hydrogen-bond donors (Lipinski definition) is 2. The second kappa shape index (κ2) is 7.96. The van der Waals surface area contributed by atoms with Crippen LogP contribution in [0.25, 0.3) is 0 Å². The number of aliphatic imine (C=N–C) groups is 1. The fraction of sp³-hybridized carbons (Fsp3) is 0.294. The Labute approximate surface area is 135 Å². The van der Waals surface area contributed by atoms with Crippen molar-refractivity contribution in [3.63, 3.8) is 0 Å². The minimum Gasteiger partial charge on any atom is -0.505 e. The van der Waals surface area contributed by atoms with Crippen LogP contribution in [0.15, 0.2) is 40.4 Å². The summed E-state index contributed by atoms with van der Waals surface area (Å²) in [6, 6.07) is 8.39. The summed E-state index contributed by atoms with van der Waals surface area (Å²) in [4.78, 5) is 9.59. The highest BCUT2D eigenvalue weighted by Gasteiger charge is 2.08. The van der Waals surface area contributed by atoms with Crippen molar-refractivity contribution in [1.82, 2.24) is 4.98 Å². The van der Waals surface area contributed by atoms with Crippen molar-refractivity contribution in [2.24, 2.45) is 4.99 Å². The summed E-state index contributed by atoms with van der Waals surface area (Å²) in [6.45, 7) is 4.27. The number of aryl methyl sites for hydroxylation is 2. The summed E-state index contributed by atoms with van der Waals surface area (Å²) in [5.74, 6) is 0.945. The van der Waals surface area contributed by atoms with Crippen LogP contribution < -0.4 is 0 Å². The molecule has 0 spiro atoms. The van der Waals surface area contributed by atoms with Gasteiger partial charge in [0.05, 0.1) is 12.3 Å². The minimum absolute atomic E-state index is 0.0847. The molecule has 1 aromatic carbocycles. The van der Waals surface area contributed by atoms with Gasteiger partial charge in [0.15, 0.2) is 0 Å². The Hall–Kier alpha value is -1.85. The van der Waals surface area contributed by atoms with E-state index in [1.54, 1.807) is 31.1 Å². The van der Waals surface area contributed by atoms with Crippen molar-refractivity contribution in [2.75, 3.05) is 12.3 Å². The van der Waals surface area contributed by atoms with Gasteiger partial charge >= 0.3 is 0 Å². The molecule has 0 atom stereocenters. The maximum Gasteiger partial charge on any atom is 0.145 e. The number of pyridine rings is 1. The van der Waals surface area contributed by atoms with Gasteiger partial charge in [-0.2, -0.15) is 0 Å². The maximum atomic E-state index is 10.00. The lowest BCUT2D eigenvalue weighted by molar-refractivity contribution is 0.280. The van der Waals surface area contributed by atoms with Gasteiger partial charge in [0, 0.05) is 40.7 Å². The van der Waals surface area contributed by atoms with E-state index in [1.807, 2.05) is 0 Å². The van der Waals surface area contributed by atoms with Crippen LogP contribution >= 0.6 is 11.8 Å². The van der Waals surface area contributed by atoms with Gasteiger partial charge < -0.3 is 10.2 Å². The monoisotopic (exact) mass is 316 g/mol. The lowest BCUT2D eigenvalue weighted by Crippen LogP contribution is -1.98. The molecule has 0 saturated heterocycles. The smallest absolute Gasteiger partial charge is 0.145 e. The molecule has 0 fully saturated rings. The van der Waals surface area contributed by atoms with Crippen LogP contribution in [0.5, 0.6) is 5.75 Å². The second-order valence-corrected chi connectivity index (χ2v) is 6.15. The number of aromatic hydroxyl groups is 1. The Balaban J connectivity index is 1.93. The van der Waals surface area contributed by atoms with Gasteiger partial charge in [-0.15, -0.1) is 11.8 Å². The highest BCUT2D eigenvalue weighted by Crippen LogP contribution is 2.22. The summed E-state index contributed by atoms with van der Waals surface area (Å²) < 4.78 is 0. The molecule has 1 heterocycles. The van der Waals surface area contributed by atoms with Crippen LogP contribution in [0.1, 0.15) is 22.4 Å². The molecular weight excluding hydrogens is 296 g/mol. The highest BCUT2D eigenvalue weighted by molar-refractivity contribution is 7.99. The van der Waals surface area contributed by atoms with E-state index in [9.17, 15) is 10.2 Å². The molecule has 4 nitrogen and oxygen atoms in total. The van der Waals surface area contributed by atoms with Crippen LogP contribution in [-0.2, 0) is 6.61 Å². The third-order valence-corrected chi connectivity index (χ3v) is 4.25. The lowest BCUT2D eigenvalue weighted by Gasteiger charge is -2.07. The number of hydrogen-bond acceptors (Lipinski definition) is 5. The van der Waals surface area contributed by atoms with Gasteiger partial charge in [-0.1, -0.05) is 17.7 Å². The molecule has 2 aromatic rings. The van der Waals surface area contributed by atoms with E-state index in [4.69, 9.17) is 0 Å². The fourth-order valence-corrected chi connectivity index (χ4v) is 2.69. The molecule has 5 heteroatoms. The summed E-state index contributed by atoms with van der Waals surface area (Å²) >= 11 is 1.74. The van der Waals surface area contributed by atoms with Gasteiger partial charge in [-0.05, 0) is 26.0 Å². The van der Waals surface area contributed by atoms with Gasteiger partial charge in [-0.25, -0.2) is 0 Å². The number of rotatable bonds is 6. The first kappa shape index (κ1) is 16.5. The molecule has 0 aliphatic heterocycles. The molecule has 0 amide bonds. The number of aliphatic hydroxyl groups excluding tert-OH is 1. The molecule has 0 aliphatic rings. The topological polar surface area (TPSA) is 65.7 Å². The first-order valence-electron chi connectivity index (χ1n) is 7.09. The zero-order valence-corrected chi connectivity index (χ0v) is 13.6. The van der Waals surface area contributed by atoms with Crippen LogP contribution in [0.2, 0.25) is 0 Å². The second-order valence-electron chi connectivity index (χ2n) is 4.99. The van der Waals surface area contributed by atoms with E-state index in [0.717, 1.165) is 5.75 Å². The molecule has 116 valence electrons. The first-order chi connectivity index (χ1) is 10.6. The Morgan fingerprint density at radius 3 is 2.64 bits per heavy atom. The van der Waals surface area contributed by atoms with Crippen molar-refractivity contribution in [3.8, 4) is 5.75 Å². The van der Waals surface area contributed by atoms with Crippen molar-refractivity contribution in [2.45, 2.75) is 25.3 Å². The zero-order valence-electron chi connectivity index (χ0n) is 12.8. The van der Waals surface area contributed by atoms with Crippen LogP contribution in [0.4, 0.5) is 0 Å². The average Bonchev–Trinajstić information content (AvgIpc) is 2.53. The molecule has 2 rings (SSSR count). The van der Waals surface area contributed by atoms with Gasteiger partial charge in [0.1, 0.15) is 5.75 Å². The lowest BCUT2D eigenvalue weighted by atomic mass is 10.1. The van der Waals surface area contributed by atoms with E-state index in [1.165, 1.54) is 10.5 Å². The van der Waals surface area contributed by atoms with Crippen molar-refractivity contribution >= 4 is 18.0 Å². The quantitative estimate of drug-likeness (QED) is 0.488. The van der Waals surface area contributed by atoms with Crippen molar-refractivity contribution in [1.29, 1.82) is 0 Å². The molecule has 0 radical (unpaired) electrons. The van der Waals surface area contributed by atoms with Gasteiger partial charge in [0.2, 0.25) is 0 Å². The van der Waals surface area contributed by atoms with E-state index in [0.29, 0.717) is 23.4 Å². The predicted octanol–water partition coefficient (Wildman–Crippen LogP) is 3.11. The van der Waals surface area contributed by atoms with E-state index < -0.39 is 0 Å². The Morgan fingerprint density at radius 1 is 1.23 bits per heavy atom. The van der Waals surface area contributed by atoms with Crippen molar-refractivity contribution < 1.29 is 10.2 Å². The Morgan fingerprint density at radius 2 is 1.95 bits per heavy atom. The molecule has 22 heavy (non-hydrogen) atoms. The minimum atomic E-state index is -0.166. The van der Waals surface area contributed by atoms with Crippen molar-refractivity contribution in [3.05, 3.63) is 52.8 Å². The third-order valence-electron chi connectivity index (χ3n) is 3.26. The molecule has 0 unspecified atom stereocenters. The van der Waals surface area contributed by atoms with E-state index in [2.05, 4.69) is 41.2 Å². The van der Waals surface area contributed by atoms with E-state index in [-0.39, 0.29) is 12.4 Å². The average molecular weight is 316 g/mol. The molecular formula is C17H20N2O2S. The zero-order chi connectivity index (χ0) is 15.9. The van der Waals surface area contributed by atoms with E-state index >= 15 is 0 Å². The van der Waals surface area contributed by atoms with Gasteiger partial charge in [-0.3, -0.25) is 9.98 Å². The van der Waals surface area contributed by atoms with Crippen LogP contribution in [0, 0.1) is 13.8 Å². The molecule has 0 bridgehead atoms. The Bertz CT molecular complexity index is 654. The number of aliphatic hydroxyl groups is 1. The highest BCUT2D eigenvalue weighted by atomic mass is 32.2. The third kappa shape index (κ3) is 4.32. The summed E-state index contributed by atoms with van der Waals surface area (Å²) in [5.41, 5.74) is 2.92. The maximum absolute atomic E-state index is 10.00. The van der Waals surface area contributed by atoms with Crippen LogP contribution in [-0.4, -0.2) is 33.7 Å². The summed E-state index contributed by atoms with van der Waals surface area (Å²) in [6.07, 6.45) is 3.18. The standard InChI is InChI=1S/C17H20N2O2S/c1-12-3-5-15(6-4-12)22-8-7-18-10-16-14(11-20)9-19-13(2)17(16)21/h3-6,9-10,20-21H,7-8,11H2,1-2H3. The number of thioether (sulfide) groups is 1. The first-order valence-corrected chi connectivity index (χ1v) is 8.08. The predicted molar refractivity (Wildman–Crippen MR) is 90.9 cm³/mol. The van der Waals surface area contributed by atoms with Crippen LogP contribution in [0.3, 0.4) is 0 Å². The SMILES string of the molecule is Cc1ccc(SCCN=Cc2c(CO)cnc(C)c2O)cc1. The largest absolute Gasteiger partial charge is 0.505 e.